The van der Waals surface area contributed by atoms with Crippen LogP contribution in [0.25, 0.3) is 0 Å². The molecule has 0 aromatic heterocycles. The predicted molar refractivity (Wildman–Crippen MR) is 164 cm³/mol. The number of nitrogens with one attached hydrogen (secondary N) is 2. The van der Waals surface area contributed by atoms with E-state index in [1.54, 1.807) is 36.4 Å². The Morgan fingerprint density at radius 1 is 0.568 bits per heavy atom. The van der Waals surface area contributed by atoms with Gasteiger partial charge in [0.1, 0.15) is 11.5 Å². The predicted octanol–water partition coefficient (Wildman–Crippen LogP) is 9.10. The van der Waals surface area contributed by atoms with Crippen LogP contribution in [0.4, 0.5) is 11.4 Å². The molecule has 0 atom stereocenters. The van der Waals surface area contributed by atoms with E-state index in [2.05, 4.69) is 90.3 Å². The zero-order chi connectivity index (χ0) is 27.1. The summed E-state index contributed by atoms with van der Waals surface area (Å²) in [4.78, 5) is 24.1. The summed E-state index contributed by atoms with van der Waals surface area (Å²) in [5, 5.41) is 25.2. The van der Waals surface area contributed by atoms with Gasteiger partial charge >= 0.3 is 0 Å². The molecule has 4 N–H and O–H groups in total. The first kappa shape index (κ1) is 29.4. The van der Waals surface area contributed by atoms with E-state index in [1.165, 1.54) is 6.07 Å². The second-order valence-electron chi connectivity index (χ2n) is 7.31. The summed E-state index contributed by atoms with van der Waals surface area (Å²) >= 11 is 16.4. The van der Waals surface area contributed by atoms with E-state index < -0.39 is 0 Å². The fourth-order valence-corrected chi connectivity index (χ4v) is 5.01. The first-order valence-electron chi connectivity index (χ1n) is 10.4. The number of aromatic hydroxyl groups is 2. The molecule has 0 fully saturated rings. The molecule has 37 heavy (non-hydrogen) atoms. The van der Waals surface area contributed by atoms with Gasteiger partial charge in [-0.25, -0.2) is 0 Å². The molecule has 6 nitrogen and oxygen atoms in total. The largest absolute Gasteiger partial charge is 0.507 e. The lowest BCUT2D eigenvalue weighted by Crippen LogP contribution is -2.12. The Morgan fingerprint density at radius 2 is 1.00 bits per heavy atom. The summed E-state index contributed by atoms with van der Waals surface area (Å²) in [6.07, 6.45) is 0. The van der Waals surface area contributed by atoms with Gasteiger partial charge in [-0.05, 0) is 122 Å². The number of anilines is 2. The molecule has 4 aromatic rings. The minimum absolute atomic E-state index is 0.0708. The number of para-hydroxylation sites is 2. The van der Waals surface area contributed by atoms with Crippen LogP contribution in [0.5, 0.6) is 11.5 Å². The van der Waals surface area contributed by atoms with Crippen molar-refractivity contribution in [2.45, 2.75) is 0 Å². The van der Waals surface area contributed by atoms with Gasteiger partial charge in [0, 0.05) is 29.3 Å². The van der Waals surface area contributed by atoms with E-state index in [0.29, 0.717) is 33.7 Å². The van der Waals surface area contributed by atoms with Crippen molar-refractivity contribution in [1.29, 1.82) is 0 Å². The molecule has 0 bridgehead atoms. The van der Waals surface area contributed by atoms with Crippen molar-refractivity contribution in [3.63, 3.8) is 0 Å². The summed E-state index contributed by atoms with van der Waals surface area (Å²) in [6, 6.07) is 22.7. The van der Waals surface area contributed by atoms with Gasteiger partial charge in [-0.15, -0.1) is 0 Å². The third kappa shape index (κ3) is 7.90. The van der Waals surface area contributed by atoms with Gasteiger partial charge in [-0.1, -0.05) is 36.4 Å². The van der Waals surface area contributed by atoms with Crippen LogP contribution >= 0.6 is 79.6 Å². The van der Waals surface area contributed by atoms with Crippen molar-refractivity contribution in [2.75, 3.05) is 10.6 Å². The van der Waals surface area contributed by atoms with Gasteiger partial charge in [0.2, 0.25) is 0 Å². The lowest BCUT2D eigenvalue weighted by molar-refractivity contribution is 0.101. The lowest BCUT2D eigenvalue weighted by atomic mass is 10.2. The molecule has 11 heteroatoms. The number of hydrogen-bond acceptors (Lipinski definition) is 4. The van der Waals surface area contributed by atoms with Gasteiger partial charge in [-0.2, -0.15) is 0 Å². The smallest absolute Gasteiger partial charge is 0.259 e. The number of carbonyl (C=O) groups is 2. The third-order valence-electron chi connectivity index (χ3n) is 4.73. The van der Waals surface area contributed by atoms with Crippen LogP contribution in [0.15, 0.2) is 101 Å². The van der Waals surface area contributed by atoms with Crippen molar-refractivity contribution in [3.8, 4) is 11.5 Å². The number of phenols is 2. The Kier molecular flexibility index (Phi) is 10.8. The van der Waals surface area contributed by atoms with Crippen LogP contribution in [0.1, 0.15) is 20.7 Å². The van der Waals surface area contributed by atoms with Crippen LogP contribution in [0.2, 0.25) is 0 Å². The van der Waals surface area contributed by atoms with Crippen molar-refractivity contribution < 1.29 is 19.8 Å². The van der Waals surface area contributed by atoms with E-state index in [1.807, 2.05) is 36.4 Å². The molecule has 4 aromatic carbocycles. The Labute approximate surface area is 255 Å². The zero-order valence-electron chi connectivity index (χ0n) is 18.6. The molecule has 0 saturated carbocycles. The molecule has 0 spiro atoms. The summed E-state index contributed by atoms with van der Waals surface area (Å²) in [6.45, 7) is 0. The minimum atomic E-state index is -0.377. The number of hydrogen-bond donors (Lipinski definition) is 4. The molecule has 190 valence electrons. The maximum absolute atomic E-state index is 12.1. The van der Waals surface area contributed by atoms with Gasteiger partial charge in [-0.3, -0.25) is 9.59 Å². The molecule has 0 radical (unpaired) electrons. The van der Waals surface area contributed by atoms with E-state index in [-0.39, 0.29) is 34.4 Å². The van der Waals surface area contributed by atoms with Crippen LogP contribution in [0.3, 0.4) is 0 Å². The van der Waals surface area contributed by atoms with Crippen molar-refractivity contribution in [3.05, 3.63) is 112 Å². The quantitative estimate of drug-likeness (QED) is 0.155. The monoisotopic (exact) mass is 816 g/mol. The normalized spacial score (nSPS) is 10.2. The van der Waals surface area contributed by atoms with Gasteiger partial charge in [0.25, 0.3) is 11.8 Å². The highest BCUT2D eigenvalue weighted by Gasteiger charge is 2.18. The molecular weight excluding hydrogens is 804 g/mol. The molecule has 0 aliphatic heterocycles. The fourth-order valence-electron chi connectivity index (χ4n) is 2.92. The number of halogens is 5. The third-order valence-corrected chi connectivity index (χ3v) is 9.86. The first-order chi connectivity index (χ1) is 17.6. The highest BCUT2D eigenvalue weighted by molar-refractivity contribution is 9.14. The first-order valence-corrected chi connectivity index (χ1v) is 14.3. The molecule has 0 aliphatic carbocycles. The Morgan fingerprint density at radius 3 is 1.51 bits per heavy atom. The van der Waals surface area contributed by atoms with E-state index >= 15 is 0 Å². The second kappa shape index (κ2) is 13.6. The SMILES string of the molecule is O=C(Nc1ccccc1)c1cc(Br)c(Br)c(Br)c1O.O=C(Nc1ccccc1)c1cc(Br)c(Br)cc1O. The molecule has 4 rings (SSSR count). The molecular formula is C26H17Br5N2O4. The Bertz CT molecular complexity index is 1430. The highest BCUT2D eigenvalue weighted by atomic mass is 79.9. The van der Waals surface area contributed by atoms with Crippen molar-refractivity contribution >= 4 is 103 Å². The summed E-state index contributed by atoms with van der Waals surface area (Å²) in [5.41, 5.74) is 1.75. The topological polar surface area (TPSA) is 98.7 Å². The average molecular weight is 821 g/mol. The summed E-state index contributed by atoms with van der Waals surface area (Å²) < 4.78 is 3.16. The van der Waals surface area contributed by atoms with Crippen LogP contribution in [-0.4, -0.2) is 22.0 Å². The minimum Gasteiger partial charge on any atom is -0.507 e. The summed E-state index contributed by atoms with van der Waals surface area (Å²) in [7, 11) is 0. The summed E-state index contributed by atoms with van der Waals surface area (Å²) in [5.74, 6) is -0.911. The van der Waals surface area contributed by atoms with E-state index in [0.717, 1.165) is 0 Å². The molecule has 0 unspecified atom stereocenters. The van der Waals surface area contributed by atoms with Gasteiger partial charge < -0.3 is 20.8 Å². The van der Waals surface area contributed by atoms with E-state index in [4.69, 9.17) is 0 Å². The number of phenolic OH excluding ortho intramolecular Hbond substituents is 2. The van der Waals surface area contributed by atoms with Crippen molar-refractivity contribution in [2.24, 2.45) is 0 Å². The number of amides is 2. The number of carbonyl (C=O) groups excluding carboxylic acids is 2. The van der Waals surface area contributed by atoms with Crippen LogP contribution < -0.4 is 10.6 Å². The fraction of sp³-hybridized carbons (Fsp3) is 0. The molecule has 0 heterocycles. The average Bonchev–Trinajstić information content (AvgIpc) is 2.88. The number of benzene rings is 4. The van der Waals surface area contributed by atoms with Crippen LogP contribution in [0, 0.1) is 0 Å². The maximum Gasteiger partial charge on any atom is 0.259 e. The number of rotatable bonds is 4. The van der Waals surface area contributed by atoms with Crippen molar-refractivity contribution in [1.82, 2.24) is 0 Å². The van der Waals surface area contributed by atoms with Gasteiger partial charge in [0.05, 0.1) is 15.6 Å². The zero-order valence-corrected chi connectivity index (χ0v) is 26.5. The van der Waals surface area contributed by atoms with E-state index in [9.17, 15) is 19.8 Å². The standard InChI is InChI=1S/C13H8Br3NO2.C13H9Br2NO2/c14-9-6-8(12(18)11(16)10(9)15)13(19)17-7-4-2-1-3-5-7;14-10-6-9(12(17)7-11(10)15)13(18)16-8-4-2-1-3-5-8/h1-6,18H,(H,17,19);1-7,17H,(H,16,18). The molecule has 0 saturated heterocycles. The van der Waals surface area contributed by atoms with Crippen LogP contribution in [-0.2, 0) is 0 Å². The second-order valence-corrected chi connectivity index (χ2v) is 11.5. The Balaban J connectivity index is 0.000000206. The molecule has 2 amide bonds. The Hall–Kier alpha value is -2.18. The maximum atomic E-state index is 12.1. The highest BCUT2D eigenvalue weighted by Crippen LogP contribution is 2.40. The van der Waals surface area contributed by atoms with Gasteiger partial charge in [0.15, 0.2) is 0 Å². The molecule has 0 aliphatic rings. The lowest BCUT2D eigenvalue weighted by Gasteiger charge is -2.10.